The lowest BCUT2D eigenvalue weighted by atomic mass is 10.0. The molecule has 0 aliphatic carbocycles. The zero-order valence-electron chi connectivity index (χ0n) is 9.72. The van der Waals surface area contributed by atoms with E-state index in [1.807, 2.05) is 25.1 Å². The van der Waals surface area contributed by atoms with Crippen LogP contribution in [0.2, 0.25) is 0 Å². The van der Waals surface area contributed by atoms with Gasteiger partial charge in [0.05, 0.1) is 11.7 Å². The smallest absolute Gasteiger partial charge is 0.137 e. The van der Waals surface area contributed by atoms with Gasteiger partial charge in [-0.05, 0) is 38.4 Å². The zero-order valence-corrected chi connectivity index (χ0v) is 9.72. The molecule has 0 spiro atoms. The van der Waals surface area contributed by atoms with Crippen molar-refractivity contribution < 1.29 is 4.79 Å². The first-order valence-electron chi connectivity index (χ1n) is 5.91. The zero-order chi connectivity index (χ0) is 11.4. The van der Waals surface area contributed by atoms with Crippen molar-refractivity contribution in [1.29, 1.82) is 0 Å². The molecule has 2 heterocycles. The Morgan fingerprint density at radius 3 is 3.12 bits per heavy atom. The number of piperidine rings is 1. The summed E-state index contributed by atoms with van der Waals surface area (Å²) in [6.07, 6.45) is 4.43. The van der Waals surface area contributed by atoms with Crippen LogP contribution in [-0.4, -0.2) is 28.8 Å². The van der Waals surface area contributed by atoms with E-state index in [1.54, 1.807) is 0 Å². The average Bonchev–Trinajstić information content (AvgIpc) is 2.30. The Kier molecular flexibility index (Phi) is 3.67. The molecular formula is C13H18N2O. The molecule has 0 bridgehead atoms. The van der Waals surface area contributed by atoms with Gasteiger partial charge in [-0.1, -0.05) is 12.5 Å². The van der Waals surface area contributed by atoms with Crippen LogP contribution in [0.3, 0.4) is 0 Å². The van der Waals surface area contributed by atoms with Gasteiger partial charge in [-0.3, -0.25) is 9.88 Å². The molecule has 0 radical (unpaired) electrons. The second-order valence-corrected chi connectivity index (χ2v) is 4.44. The number of nitrogens with zero attached hydrogens (tertiary/aromatic N) is 2. The van der Waals surface area contributed by atoms with E-state index in [-0.39, 0.29) is 6.04 Å². The van der Waals surface area contributed by atoms with Crippen molar-refractivity contribution in [3.63, 3.8) is 0 Å². The van der Waals surface area contributed by atoms with Gasteiger partial charge in [-0.2, -0.15) is 0 Å². The first kappa shape index (κ1) is 11.3. The number of aromatic nitrogens is 1. The lowest BCUT2D eigenvalue weighted by Crippen LogP contribution is -2.40. The van der Waals surface area contributed by atoms with Crippen LogP contribution in [-0.2, 0) is 11.3 Å². The van der Waals surface area contributed by atoms with Crippen molar-refractivity contribution in [3.8, 4) is 0 Å². The molecule has 2 rings (SSSR count). The van der Waals surface area contributed by atoms with Crippen LogP contribution in [0, 0.1) is 6.92 Å². The number of carbonyl (C=O) groups excluding carboxylic acids is 1. The molecular weight excluding hydrogens is 200 g/mol. The van der Waals surface area contributed by atoms with E-state index in [4.69, 9.17) is 0 Å². The minimum absolute atomic E-state index is 0.0936. The Balaban J connectivity index is 2.04. The highest BCUT2D eigenvalue weighted by molar-refractivity contribution is 5.57. The van der Waals surface area contributed by atoms with Gasteiger partial charge in [-0.25, -0.2) is 0 Å². The maximum atomic E-state index is 11.0. The molecule has 1 aromatic rings. The Bertz CT molecular complexity index is 365. The predicted octanol–water partition coefficient (Wildman–Crippen LogP) is 1.94. The summed E-state index contributed by atoms with van der Waals surface area (Å²) in [4.78, 5) is 17.7. The van der Waals surface area contributed by atoms with Gasteiger partial charge < -0.3 is 4.79 Å². The van der Waals surface area contributed by atoms with E-state index in [1.165, 1.54) is 12.8 Å². The monoisotopic (exact) mass is 218 g/mol. The molecule has 1 aliphatic heterocycles. The Hall–Kier alpha value is -1.22. The van der Waals surface area contributed by atoms with E-state index in [0.717, 1.165) is 37.2 Å². The Labute approximate surface area is 96.5 Å². The van der Waals surface area contributed by atoms with Crippen LogP contribution in [0.5, 0.6) is 0 Å². The first-order chi connectivity index (χ1) is 7.79. The number of hydrogen-bond acceptors (Lipinski definition) is 3. The maximum Gasteiger partial charge on any atom is 0.137 e. The van der Waals surface area contributed by atoms with E-state index < -0.39 is 0 Å². The Morgan fingerprint density at radius 2 is 2.38 bits per heavy atom. The second kappa shape index (κ2) is 5.21. The number of carbonyl (C=O) groups is 1. The SMILES string of the molecule is Cc1cccc(CN2CCCCC2C=O)n1. The summed E-state index contributed by atoms with van der Waals surface area (Å²) in [5, 5.41) is 0. The molecule has 0 N–H and O–H groups in total. The van der Waals surface area contributed by atoms with Crippen LogP contribution < -0.4 is 0 Å². The lowest BCUT2D eigenvalue weighted by Gasteiger charge is -2.31. The molecule has 1 fully saturated rings. The summed E-state index contributed by atoms with van der Waals surface area (Å²) < 4.78 is 0. The van der Waals surface area contributed by atoms with Gasteiger partial charge in [0.2, 0.25) is 0 Å². The number of aryl methyl sites for hydroxylation is 1. The number of pyridine rings is 1. The minimum atomic E-state index is 0.0936. The highest BCUT2D eigenvalue weighted by Crippen LogP contribution is 2.17. The van der Waals surface area contributed by atoms with Crippen molar-refractivity contribution in [1.82, 2.24) is 9.88 Å². The van der Waals surface area contributed by atoms with E-state index in [0.29, 0.717) is 0 Å². The molecule has 0 aromatic carbocycles. The fourth-order valence-corrected chi connectivity index (χ4v) is 2.26. The molecule has 3 nitrogen and oxygen atoms in total. The lowest BCUT2D eigenvalue weighted by molar-refractivity contribution is -0.113. The minimum Gasteiger partial charge on any atom is -0.302 e. The topological polar surface area (TPSA) is 33.2 Å². The third-order valence-corrected chi connectivity index (χ3v) is 3.13. The second-order valence-electron chi connectivity index (χ2n) is 4.44. The molecule has 3 heteroatoms. The number of hydrogen-bond donors (Lipinski definition) is 0. The van der Waals surface area contributed by atoms with Crippen molar-refractivity contribution in [2.45, 2.75) is 38.8 Å². The van der Waals surface area contributed by atoms with Crippen LogP contribution in [0.1, 0.15) is 30.7 Å². The predicted molar refractivity (Wildman–Crippen MR) is 63.1 cm³/mol. The van der Waals surface area contributed by atoms with Crippen molar-refractivity contribution in [2.24, 2.45) is 0 Å². The first-order valence-corrected chi connectivity index (χ1v) is 5.91. The van der Waals surface area contributed by atoms with Crippen molar-refractivity contribution in [3.05, 3.63) is 29.6 Å². The highest BCUT2D eigenvalue weighted by atomic mass is 16.1. The normalized spacial score (nSPS) is 21.9. The van der Waals surface area contributed by atoms with Crippen LogP contribution >= 0.6 is 0 Å². The fraction of sp³-hybridized carbons (Fsp3) is 0.538. The number of rotatable bonds is 3. The standard InChI is InChI=1S/C13H18N2O/c1-11-5-4-6-12(14-11)9-15-8-3-2-7-13(15)10-16/h4-6,10,13H,2-3,7-9H2,1H3. The summed E-state index contributed by atoms with van der Waals surface area (Å²) in [7, 11) is 0. The molecule has 0 amide bonds. The van der Waals surface area contributed by atoms with Crippen molar-refractivity contribution >= 4 is 6.29 Å². The molecule has 0 saturated carbocycles. The number of aldehydes is 1. The molecule has 1 unspecified atom stereocenters. The average molecular weight is 218 g/mol. The van der Waals surface area contributed by atoms with Gasteiger partial charge in [-0.15, -0.1) is 0 Å². The highest BCUT2D eigenvalue weighted by Gasteiger charge is 2.21. The molecule has 1 saturated heterocycles. The van der Waals surface area contributed by atoms with Crippen LogP contribution in [0.25, 0.3) is 0 Å². The van der Waals surface area contributed by atoms with Crippen molar-refractivity contribution in [2.75, 3.05) is 6.54 Å². The quantitative estimate of drug-likeness (QED) is 0.727. The van der Waals surface area contributed by atoms with E-state index in [9.17, 15) is 4.79 Å². The molecule has 86 valence electrons. The number of likely N-dealkylation sites (tertiary alicyclic amines) is 1. The van der Waals surface area contributed by atoms with Gasteiger partial charge >= 0.3 is 0 Å². The fourth-order valence-electron chi connectivity index (χ4n) is 2.26. The van der Waals surface area contributed by atoms with Crippen LogP contribution in [0.15, 0.2) is 18.2 Å². The summed E-state index contributed by atoms with van der Waals surface area (Å²) in [6.45, 7) is 3.81. The molecule has 1 aliphatic rings. The van der Waals surface area contributed by atoms with Gasteiger partial charge in [0.15, 0.2) is 0 Å². The Morgan fingerprint density at radius 1 is 1.50 bits per heavy atom. The summed E-state index contributed by atoms with van der Waals surface area (Å²) in [5.74, 6) is 0. The molecule has 16 heavy (non-hydrogen) atoms. The largest absolute Gasteiger partial charge is 0.302 e. The third-order valence-electron chi connectivity index (χ3n) is 3.13. The van der Waals surface area contributed by atoms with Crippen LogP contribution in [0.4, 0.5) is 0 Å². The summed E-state index contributed by atoms with van der Waals surface area (Å²) in [5.41, 5.74) is 2.10. The maximum absolute atomic E-state index is 11.0. The van der Waals surface area contributed by atoms with Gasteiger partial charge in [0.25, 0.3) is 0 Å². The third kappa shape index (κ3) is 2.67. The molecule has 1 atom stereocenters. The molecule has 1 aromatic heterocycles. The van der Waals surface area contributed by atoms with E-state index in [2.05, 4.69) is 9.88 Å². The summed E-state index contributed by atoms with van der Waals surface area (Å²) in [6, 6.07) is 6.15. The van der Waals surface area contributed by atoms with Gasteiger partial charge in [0, 0.05) is 12.2 Å². The van der Waals surface area contributed by atoms with Gasteiger partial charge in [0.1, 0.15) is 6.29 Å². The summed E-state index contributed by atoms with van der Waals surface area (Å²) >= 11 is 0. The van der Waals surface area contributed by atoms with E-state index >= 15 is 0 Å².